The first-order valence-corrected chi connectivity index (χ1v) is 13.8. The third-order valence-electron chi connectivity index (χ3n) is 7.65. The molecule has 1 aliphatic rings. The molecule has 0 saturated carbocycles. The molecule has 0 unspecified atom stereocenters. The van der Waals surface area contributed by atoms with Gasteiger partial charge < -0.3 is 14.6 Å². The molecular weight excluding hydrogens is 518 g/mol. The van der Waals surface area contributed by atoms with E-state index in [9.17, 15) is 19.2 Å². The second kappa shape index (κ2) is 10.5. The van der Waals surface area contributed by atoms with Gasteiger partial charge in [0.05, 0.1) is 0 Å². The van der Waals surface area contributed by atoms with Gasteiger partial charge in [-0.3, -0.25) is 24.1 Å². The number of carbonyl (C=O) groups is 4. The van der Waals surface area contributed by atoms with Gasteiger partial charge in [0.1, 0.15) is 0 Å². The van der Waals surface area contributed by atoms with Gasteiger partial charge in [0.25, 0.3) is 17.7 Å². The average molecular weight is 548 g/mol. The molecule has 41 heavy (non-hydrogen) atoms. The molecule has 1 aliphatic heterocycles. The predicted molar refractivity (Wildman–Crippen MR) is 158 cm³/mol. The number of nitrogens with one attached hydrogen (secondary N) is 1. The predicted octanol–water partition coefficient (Wildman–Crippen LogP) is 5.91. The number of para-hydroxylation sites is 1. The highest BCUT2D eigenvalue weighted by Crippen LogP contribution is 2.32. The molecule has 8 nitrogen and oxygen atoms in total. The van der Waals surface area contributed by atoms with E-state index in [1.807, 2.05) is 42.5 Å². The number of hydrogen-bond acceptors (Lipinski definition) is 5. The number of aryl methyl sites for hydroxylation is 1. The minimum absolute atomic E-state index is 0.0387. The summed E-state index contributed by atoms with van der Waals surface area (Å²) in [7, 11) is 0. The Morgan fingerprint density at radius 1 is 0.854 bits per heavy atom. The smallest absolute Gasteiger partial charge is 0.306 e. The highest BCUT2D eigenvalue weighted by atomic mass is 16.5. The molecule has 0 radical (unpaired) electrons. The molecule has 1 N–H and O–H groups in total. The maximum absolute atomic E-state index is 13.0. The molecule has 5 aromatic rings. The number of carbonyl (C=O) groups excluding carboxylic acids is 4. The van der Waals surface area contributed by atoms with Crippen molar-refractivity contribution in [3.63, 3.8) is 0 Å². The Balaban J connectivity index is 1.06. The number of aromatic nitrogens is 1. The van der Waals surface area contributed by atoms with Crippen molar-refractivity contribution in [1.82, 2.24) is 9.47 Å². The van der Waals surface area contributed by atoms with Crippen LogP contribution in [-0.2, 0) is 20.9 Å². The fourth-order valence-corrected chi connectivity index (χ4v) is 5.69. The lowest BCUT2D eigenvalue weighted by molar-refractivity contribution is -0.153. The third kappa shape index (κ3) is 4.61. The van der Waals surface area contributed by atoms with Gasteiger partial charge in [0.15, 0.2) is 6.10 Å². The second-order valence-corrected chi connectivity index (χ2v) is 10.2. The molecule has 1 atom stereocenters. The Morgan fingerprint density at radius 2 is 1.54 bits per heavy atom. The van der Waals surface area contributed by atoms with Gasteiger partial charge in [-0.1, -0.05) is 42.5 Å². The monoisotopic (exact) mass is 547 g/mol. The number of esters is 1. The van der Waals surface area contributed by atoms with Crippen LogP contribution in [0.4, 0.5) is 5.69 Å². The zero-order chi connectivity index (χ0) is 28.7. The van der Waals surface area contributed by atoms with Crippen molar-refractivity contribution in [2.24, 2.45) is 0 Å². The number of amides is 3. The van der Waals surface area contributed by atoms with Crippen molar-refractivity contribution in [2.75, 3.05) is 11.9 Å². The number of ether oxygens (including phenoxy) is 1. The van der Waals surface area contributed by atoms with Crippen molar-refractivity contribution in [1.29, 1.82) is 0 Å². The van der Waals surface area contributed by atoms with Gasteiger partial charge in [-0.2, -0.15) is 0 Å². The number of nitrogens with zero attached hydrogens (tertiary/aromatic N) is 2. The van der Waals surface area contributed by atoms with Crippen LogP contribution in [0.2, 0.25) is 0 Å². The maximum atomic E-state index is 13.0. The highest BCUT2D eigenvalue weighted by molar-refractivity contribution is 6.25. The van der Waals surface area contributed by atoms with Crippen LogP contribution < -0.4 is 5.32 Å². The summed E-state index contributed by atoms with van der Waals surface area (Å²) in [5.74, 6) is -1.77. The Labute approximate surface area is 236 Å². The van der Waals surface area contributed by atoms with Gasteiger partial charge in [-0.25, -0.2) is 0 Å². The summed E-state index contributed by atoms with van der Waals surface area (Å²) in [5, 5.41) is 6.48. The molecule has 8 heteroatoms. The first-order valence-electron chi connectivity index (χ1n) is 13.8. The van der Waals surface area contributed by atoms with Crippen LogP contribution >= 0.6 is 0 Å². The number of rotatable bonds is 8. The first-order chi connectivity index (χ1) is 19.9. The number of hydrogen-bond donors (Lipinski definition) is 1. The van der Waals surface area contributed by atoms with Gasteiger partial charge in [-0.05, 0) is 62.1 Å². The lowest BCUT2D eigenvalue weighted by atomic mass is 9.94. The average Bonchev–Trinajstić information content (AvgIpc) is 3.30. The van der Waals surface area contributed by atoms with Crippen molar-refractivity contribution >= 4 is 62.0 Å². The fourth-order valence-electron chi connectivity index (χ4n) is 5.69. The van der Waals surface area contributed by atoms with Crippen molar-refractivity contribution in [3.05, 3.63) is 90.0 Å². The van der Waals surface area contributed by atoms with E-state index in [1.54, 1.807) is 24.3 Å². The largest absolute Gasteiger partial charge is 0.453 e. The summed E-state index contributed by atoms with van der Waals surface area (Å²) in [6.45, 7) is 4.51. The van der Waals surface area contributed by atoms with Crippen molar-refractivity contribution in [3.8, 4) is 0 Å². The first kappa shape index (κ1) is 26.3. The topological polar surface area (TPSA) is 97.7 Å². The van der Waals surface area contributed by atoms with Crippen LogP contribution in [0.25, 0.3) is 32.6 Å². The molecule has 0 fully saturated rings. The Kier molecular flexibility index (Phi) is 6.75. The molecule has 0 spiro atoms. The number of fused-ring (bicyclic) bond motifs is 3. The normalized spacial score (nSPS) is 13.7. The van der Waals surface area contributed by atoms with Crippen LogP contribution in [0, 0.1) is 0 Å². The van der Waals surface area contributed by atoms with Crippen molar-refractivity contribution < 1.29 is 23.9 Å². The summed E-state index contributed by atoms with van der Waals surface area (Å²) in [6.07, 6.45) is -0.831. The molecule has 0 aliphatic carbocycles. The SMILES string of the molecule is CCn1c2ccccc2c2cc(NC(=O)[C@@H](C)OC(=O)CCCN3C(=O)c4cccc5cccc(c45)C3=O)ccc21. The summed E-state index contributed by atoms with van der Waals surface area (Å²) in [6, 6.07) is 24.6. The van der Waals surface area contributed by atoms with E-state index in [0.29, 0.717) is 22.2 Å². The van der Waals surface area contributed by atoms with E-state index >= 15 is 0 Å². The highest BCUT2D eigenvalue weighted by Gasteiger charge is 2.32. The van der Waals surface area contributed by atoms with Crippen molar-refractivity contribution in [2.45, 2.75) is 39.3 Å². The lowest BCUT2D eigenvalue weighted by Crippen LogP contribution is -2.41. The van der Waals surface area contributed by atoms with E-state index in [0.717, 1.165) is 33.7 Å². The third-order valence-corrected chi connectivity index (χ3v) is 7.65. The van der Waals surface area contributed by atoms with Gasteiger partial charge >= 0.3 is 5.97 Å². The number of anilines is 1. The molecule has 4 aromatic carbocycles. The van der Waals surface area contributed by atoms with Crippen LogP contribution in [0.1, 0.15) is 47.4 Å². The van der Waals surface area contributed by atoms with E-state index in [4.69, 9.17) is 4.74 Å². The quantitative estimate of drug-likeness (QED) is 0.192. The summed E-state index contributed by atoms with van der Waals surface area (Å²) in [5.41, 5.74) is 3.77. The van der Waals surface area contributed by atoms with E-state index in [2.05, 4.69) is 28.9 Å². The Bertz CT molecular complexity index is 1820. The minimum Gasteiger partial charge on any atom is -0.453 e. The molecule has 2 heterocycles. The van der Waals surface area contributed by atoms with Crippen LogP contribution in [-0.4, -0.2) is 45.8 Å². The Morgan fingerprint density at radius 3 is 2.24 bits per heavy atom. The summed E-state index contributed by atoms with van der Waals surface area (Å²) >= 11 is 0. The number of benzene rings is 4. The van der Waals surface area contributed by atoms with Crippen LogP contribution in [0.5, 0.6) is 0 Å². The van der Waals surface area contributed by atoms with Gasteiger partial charge in [0.2, 0.25) is 0 Å². The van der Waals surface area contributed by atoms with Gasteiger partial charge in [0, 0.05) is 63.5 Å². The fraction of sp³-hybridized carbons (Fsp3) is 0.212. The van der Waals surface area contributed by atoms with E-state index < -0.39 is 18.0 Å². The zero-order valence-electron chi connectivity index (χ0n) is 22.8. The molecular formula is C33H29N3O5. The van der Waals surface area contributed by atoms with E-state index in [1.165, 1.54) is 11.8 Å². The molecule has 0 saturated heterocycles. The van der Waals surface area contributed by atoms with Gasteiger partial charge in [-0.15, -0.1) is 0 Å². The molecule has 206 valence electrons. The summed E-state index contributed by atoms with van der Waals surface area (Å²) < 4.78 is 7.59. The lowest BCUT2D eigenvalue weighted by Gasteiger charge is -2.27. The van der Waals surface area contributed by atoms with E-state index in [-0.39, 0.29) is 31.2 Å². The molecule has 3 amide bonds. The van der Waals surface area contributed by atoms with Crippen LogP contribution in [0.15, 0.2) is 78.9 Å². The number of imide groups is 1. The second-order valence-electron chi connectivity index (χ2n) is 10.2. The molecule has 6 rings (SSSR count). The zero-order valence-corrected chi connectivity index (χ0v) is 22.8. The van der Waals surface area contributed by atoms with Crippen LogP contribution in [0.3, 0.4) is 0 Å². The summed E-state index contributed by atoms with van der Waals surface area (Å²) in [4.78, 5) is 52.6. The Hall–Kier alpha value is -4.98. The molecule has 1 aromatic heterocycles. The minimum atomic E-state index is -1.02. The standard InChI is InChI=1S/C33H29N3O5/c1-3-35-27-14-5-4-11-23(27)26-19-22(16-17-28(26)35)34-31(38)20(2)41-29(37)15-8-18-36-32(39)24-12-6-9-21-10-7-13-25(30(21)24)33(36)40/h4-7,9-14,16-17,19-20H,3,8,15,18H2,1-2H3,(H,34,38)/t20-/m1/s1. The molecule has 0 bridgehead atoms. The maximum Gasteiger partial charge on any atom is 0.306 e.